The first-order valence-corrected chi connectivity index (χ1v) is 9.68. The number of aromatic nitrogens is 3. The lowest BCUT2D eigenvalue weighted by Crippen LogP contribution is -2.38. The number of piperidine rings is 1. The summed E-state index contributed by atoms with van der Waals surface area (Å²) in [4.78, 5) is 16.7. The normalized spacial score (nSPS) is 15.2. The molecule has 0 aliphatic carbocycles. The van der Waals surface area contributed by atoms with Crippen LogP contribution in [0.15, 0.2) is 18.2 Å². The lowest BCUT2D eigenvalue weighted by molar-refractivity contribution is 0.0706. The number of hydrogen-bond acceptors (Lipinski definition) is 6. The van der Waals surface area contributed by atoms with Crippen molar-refractivity contribution in [1.82, 2.24) is 24.6 Å². The van der Waals surface area contributed by atoms with Crippen LogP contribution in [0.1, 0.15) is 47.7 Å². The molecule has 1 amide bonds. The Morgan fingerprint density at radius 2 is 2.00 bits per heavy atom. The topological polar surface area (TPSA) is 83.7 Å². The molecular weight excluding hydrogens is 358 g/mol. The van der Waals surface area contributed by atoms with Crippen molar-refractivity contribution in [2.45, 2.75) is 38.8 Å². The van der Waals surface area contributed by atoms with E-state index in [9.17, 15) is 9.90 Å². The molecule has 0 saturated carbocycles. The van der Waals surface area contributed by atoms with Crippen molar-refractivity contribution in [2.24, 2.45) is 0 Å². The van der Waals surface area contributed by atoms with Gasteiger partial charge in [0.05, 0.1) is 19.2 Å². The Labute approximate surface area is 165 Å². The molecule has 8 nitrogen and oxygen atoms in total. The van der Waals surface area contributed by atoms with E-state index in [0.29, 0.717) is 18.8 Å². The SMILES string of the molecule is CCn1c(CN(C)C)nnc1C1CCN(C(=O)c2cccc(OC)c2O)CC1. The van der Waals surface area contributed by atoms with Crippen molar-refractivity contribution in [3.8, 4) is 11.5 Å². The van der Waals surface area contributed by atoms with E-state index >= 15 is 0 Å². The van der Waals surface area contributed by atoms with E-state index < -0.39 is 0 Å². The number of methoxy groups -OCH3 is 1. The molecule has 1 aromatic heterocycles. The third kappa shape index (κ3) is 3.96. The first-order chi connectivity index (χ1) is 13.5. The number of hydrogen-bond donors (Lipinski definition) is 1. The predicted octanol–water partition coefficient (Wildman–Crippen LogP) is 2.09. The van der Waals surface area contributed by atoms with Crippen molar-refractivity contribution < 1.29 is 14.6 Å². The van der Waals surface area contributed by atoms with Crippen LogP contribution >= 0.6 is 0 Å². The fourth-order valence-electron chi connectivity index (χ4n) is 3.77. The summed E-state index contributed by atoms with van der Waals surface area (Å²) in [7, 11) is 5.52. The first kappa shape index (κ1) is 20.1. The van der Waals surface area contributed by atoms with E-state index in [-0.39, 0.29) is 23.1 Å². The Balaban J connectivity index is 1.70. The molecule has 1 saturated heterocycles. The van der Waals surface area contributed by atoms with Crippen LogP contribution in [0.25, 0.3) is 0 Å². The molecule has 2 heterocycles. The van der Waals surface area contributed by atoms with E-state index in [2.05, 4.69) is 26.6 Å². The molecule has 0 radical (unpaired) electrons. The number of nitrogens with zero attached hydrogens (tertiary/aromatic N) is 5. The molecule has 0 spiro atoms. The fourth-order valence-corrected chi connectivity index (χ4v) is 3.77. The minimum atomic E-state index is -0.167. The second kappa shape index (κ2) is 8.60. The zero-order chi connectivity index (χ0) is 20.3. The zero-order valence-corrected chi connectivity index (χ0v) is 17.1. The minimum absolute atomic E-state index is 0.101. The third-order valence-electron chi connectivity index (χ3n) is 5.23. The highest BCUT2D eigenvalue weighted by molar-refractivity contribution is 5.97. The zero-order valence-electron chi connectivity index (χ0n) is 17.1. The standard InChI is InChI=1S/C20H29N5O3/c1-5-25-17(13-23(2)3)21-22-19(25)14-9-11-24(12-10-14)20(27)15-7-6-8-16(28-4)18(15)26/h6-8,14,26H,5,9-13H2,1-4H3. The van der Waals surface area contributed by atoms with E-state index in [4.69, 9.17) is 4.74 Å². The summed E-state index contributed by atoms with van der Waals surface area (Å²) in [5, 5.41) is 19.1. The van der Waals surface area contributed by atoms with Crippen LogP contribution in [0.5, 0.6) is 11.5 Å². The number of carbonyl (C=O) groups is 1. The van der Waals surface area contributed by atoms with Crippen molar-refractivity contribution >= 4 is 5.91 Å². The molecule has 0 bridgehead atoms. The van der Waals surface area contributed by atoms with Crippen LogP contribution in [0.2, 0.25) is 0 Å². The molecule has 1 aliphatic heterocycles. The van der Waals surface area contributed by atoms with Gasteiger partial charge in [-0.25, -0.2) is 0 Å². The second-order valence-electron chi connectivity index (χ2n) is 7.38. The summed E-state index contributed by atoms with van der Waals surface area (Å²) >= 11 is 0. The Morgan fingerprint density at radius 1 is 1.29 bits per heavy atom. The molecule has 2 aromatic rings. The van der Waals surface area contributed by atoms with Crippen molar-refractivity contribution in [3.05, 3.63) is 35.4 Å². The fraction of sp³-hybridized carbons (Fsp3) is 0.550. The Kier molecular flexibility index (Phi) is 6.18. The van der Waals surface area contributed by atoms with Crippen molar-refractivity contribution in [1.29, 1.82) is 0 Å². The van der Waals surface area contributed by atoms with Crippen molar-refractivity contribution in [3.63, 3.8) is 0 Å². The van der Waals surface area contributed by atoms with E-state index in [1.165, 1.54) is 7.11 Å². The van der Waals surface area contributed by atoms with E-state index in [1.807, 2.05) is 14.1 Å². The lowest BCUT2D eigenvalue weighted by atomic mass is 9.95. The minimum Gasteiger partial charge on any atom is -0.504 e. The highest BCUT2D eigenvalue weighted by atomic mass is 16.5. The van der Waals surface area contributed by atoms with Gasteiger partial charge in [-0.1, -0.05) is 6.07 Å². The maximum Gasteiger partial charge on any atom is 0.257 e. The largest absolute Gasteiger partial charge is 0.504 e. The van der Waals surface area contributed by atoms with Gasteiger partial charge in [0.1, 0.15) is 11.6 Å². The quantitative estimate of drug-likeness (QED) is 0.817. The highest BCUT2D eigenvalue weighted by Crippen LogP contribution is 2.32. The summed E-state index contributed by atoms with van der Waals surface area (Å²) in [5.74, 6) is 2.31. The summed E-state index contributed by atoms with van der Waals surface area (Å²) in [6, 6.07) is 4.99. The second-order valence-corrected chi connectivity index (χ2v) is 7.38. The number of phenolic OH excluding ortho intramolecular Hbond substituents is 1. The molecule has 8 heteroatoms. The van der Waals surface area contributed by atoms with Crippen molar-refractivity contribution in [2.75, 3.05) is 34.3 Å². The smallest absolute Gasteiger partial charge is 0.257 e. The highest BCUT2D eigenvalue weighted by Gasteiger charge is 2.29. The van der Waals surface area contributed by atoms with Crippen LogP contribution in [-0.2, 0) is 13.1 Å². The van der Waals surface area contributed by atoms with Gasteiger partial charge in [0.25, 0.3) is 5.91 Å². The number of amides is 1. The first-order valence-electron chi connectivity index (χ1n) is 9.68. The number of benzene rings is 1. The molecule has 28 heavy (non-hydrogen) atoms. The molecule has 1 N–H and O–H groups in total. The maximum absolute atomic E-state index is 12.9. The number of aromatic hydroxyl groups is 1. The number of para-hydroxylation sites is 1. The average molecular weight is 387 g/mol. The summed E-state index contributed by atoms with van der Waals surface area (Å²) in [6.07, 6.45) is 1.66. The number of rotatable bonds is 6. The molecule has 152 valence electrons. The molecule has 1 fully saturated rings. The van der Waals surface area contributed by atoms with Crippen LogP contribution < -0.4 is 4.74 Å². The Hall–Kier alpha value is -2.61. The van der Waals surface area contributed by atoms with E-state index in [1.54, 1.807) is 23.1 Å². The van der Waals surface area contributed by atoms with Crippen LogP contribution in [0, 0.1) is 0 Å². The van der Waals surface area contributed by atoms with Gasteiger partial charge in [-0.2, -0.15) is 0 Å². The Morgan fingerprint density at radius 3 is 2.61 bits per heavy atom. The van der Waals surface area contributed by atoms with Gasteiger partial charge in [-0.15, -0.1) is 10.2 Å². The Bertz CT molecular complexity index is 825. The van der Waals surface area contributed by atoms with Crippen LogP contribution in [-0.4, -0.2) is 69.9 Å². The van der Waals surface area contributed by atoms with Gasteiger partial charge in [-0.3, -0.25) is 4.79 Å². The number of carbonyl (C=O) groups excluding carboxylic acids is 1. The van der Waals surface area contributed by atoms with Gasteiger partial charge < -0.3 is 24.2 Å². The molecule has 0 unspecified atom stereocenters. The third-order valence-corrected chi connectivity index (χ3v) is 5.23. The summed E-state index contributed by atoms with van der Waals surface area (Å²) in [6.45, 7) is 4.95. The molecule has 0 atom stereocenters. The number of phenols is 1. The van der Waals surface area contributed by atoms with Gasteiger partial charge in [0.15, 0.2) is 11.5 Å². The predicted molar refractivity (Wildman–Crippen MR) is 106 cm³/mol. The maximum atomic E-state index is 12.9. The van der Waals surface area contributed by atoms with Crippen LogP contribution in [0.3, 0.4) is 0 Å². The molecule has 3 rings (SSSR count). The molecular formula is C20H29N5O3. The lowest BCUT2D eigenvalue weighted by Gasteiger charge is -2.32. The van der Waals surface area contributed by atoms with Gasteiger partial charge in [0.2, 0.25) is 0 Å². The van der Waals surface area contributed by atoms with Gasteiger partial charge in [0, 0.05) is 25.6 Å². The van der Waals surface area contributed by atoms with E-state index in [0.717, 1.165) is 37.6 Å². The average Bonchev–Trinajstić information content (AvgIpc) is 3.09. The molecule has 1 aliphatic rings. The molecule has 1 aromatic carbocycles. The van der Waals surface area contributed by atoms with Gasteiger partial charge >= 0.3 is 0 Å². The van der Waals surface area contributed by atoms with Gasteiger partial charge in [-0.05, 0) is 46.0 Å². The monoisotopic (exact) mass is 387 g/mol. The summed E-state index contributed by atoms with van der Waals surface area (Å²) < 4.78 is 7.30. The summed E-state index contributed by atoms with van der Waals surface area (Å²) in [5.41, 5.74) is 0.280. The van der Waals surface area contributed by atoms with Crippen LogP contribution in [0.4, 0.5) is 0 Å². The number of likely N-dealkylation sites (tertiary alicyclic amines) is 1. The number of ether oxygens (including phenoxy) is 1.